The highest BCUT2D eigenvalue weighted by Crippen LogP contribution is 2.24. The van der Waals surface area contributed by atoms with Crippen molar-refractivity contribution in [1.82, 2.24) is 10.2 Å². The molecule has 0 bridgehead atoms. The average molecular weight is 392 g/mol. The van der Waals surface area contributed by atoms with Crippen LogP contribution in [0.2, 0.25) is 0 Å². The van der Waals surface area contributed by atoms with E-state index in [0.717, 1.165) is 11.6 Å². The maximum atomic E-state index is 13.6. The van der Waals surface area contributed by atoms with Crippen molar-refractivity contribution in [3.8, 4) is 0 Å². The number of sulfonamides is 1. The Morgan fingerprint density at radius 3 is 2.46 bits per heavy atom. The third kappa shape index (κ3) is 4.03. The molecule has 0 saturated heterocycles. The molecule has 2 aromatic carbocycles. The lowest BCUT2D eigenvalue weighted by molar-refractivity contribution is 0.102. The highest BCUT2D eigenvalue weighted by molar-refractivity contribution is 7.94. The van der Waals surface area contributed by atoms with Crippen molar-refractivity contribution in [2.45, 2.75) is 11.3 Å². The van der Waals surface area contributed by atoms with Crippen molar-refractivity contribution in [2.75, 3.05) is 10.0 Å². The van der Waals surface area contributed by atoms with Crippen LogP contribution in [0.15, 0.2) is 52.9 Å². The normalized spacial score (nSPS) is 11.2. The van der Waals surface area contributed by atoms with Gasteiger partial charge in [-0.15, -0.1) is 10.2 Å². The lowest BCUT2D eigenvalue weighted by atomic mass is 10.1. The molecule has 0 saturated carbocycles. The second-order valence-corrected chi connectivity index (χ2v) is 8.11. The number of nitrogens with zero attached hydrogens (tertiary/aromatic N) is 2. The molecule has 0 aliphatic carbocycles. The molecule has 3 rings (SSSR count). The zero-order valence-corrected chi connectivity index (χ0v) is 15.1. The van der Waals surface area contributed by atoms with Crippen LogP contribution in [-0.2, 0) is 10.0 Å². The number of aryl methyl sites for hydroxylation is 1. The third-order valence-electron chi connectivity index (χ3n) is 3.29. The van der Waals surface area contributed by atoms with Crippen LogP contribution in [0.3, 0.4) is 0 Å². The molecule has 1 aromatic heterocycles. The van der Waals surface area contributed by atoms with Gasteiger partial charge >= 0.3 is 0 Å². The Balaban J connectivity index is 1.75. The van der Waals surface area contributed by atoms with Crippen molar-refractivity contribution >= 4 is 38.1 Å². The van der Waals surface area contributed by atoms with Gasteiger partial charge in [0.15, 0.2) is 0 Å². The lowest BCUT2D eigenvalue weighted by Crippen LogP contribution is -2.13. The minimum absolute atomic E-state index is 0.0180. The Morgan fingerprint density at radius 2 is 1.77 bits per heavy atom. The van der Waals surface area contributed by atoms with Crippen LogP contribution in [0.1, 0.15) is 15.9 Å². The summed E-state index contributed by atoms with van der Waals surface area (Å²) < 4.78 is 39.9. The van der Waals surface area contributed by atoms with Crippen LogP contribution in [0, 0.1) is 12.7 Å². The predicted octanol–water partition coefficient (Wildman–Crippen LogP) is 3.04. The third-order valence-corrected chi connectivity index (χ3v) is 5.86. The largest absolute Gasteiger partial charge is 0.296 e. The van der Waals surface area contributed by atoms with Crippen molar-refractivity contribution in [3.05, 3.63) is 65.5 Å². The second-order valence-electron chi connectivity index (χ2n) is 5.28. The second kappa shape index (κ2) is 7.18. The fraction of sp³-hybridized carbons (Fsp3) is 0.0625. The Labute approximate surface area is 153 Å². The molecule has 10 heteroatoms. The molecule has 0 spiro atoms. The summed E-state index contributed by atoms with van der Waals surface area (Å²) in [5.74, 6) is -1.15. The zero-order valence-electron chi connectivity index (χ0n) is 13.4. The summed E-state index contributed by atoms with van der Waals surface area (Å²) in [6.45, 7) is 1.89. The van der Waals surface area contributed by atoms with E-state index in [4.69, 9.17) is 0 Å². The Morgan fingerprint density at radius 1 is 1.08 bits per heavy atom. The molecule has 0 unspecified atom stereocenters. The fourth-order valence-electron chi connectivity index (χ4n) is 1.98. The number of carbonyl (C=O) groups excluding carboxylic acids is 1. The number of rotatable bonds is 5. The summed E-state index contributed by atoms with van der Waals surface area (Å²) in [7, 11) is -4.12. The monoisotopic (exact) mass is 392 g/mol. The number of amides is 1. The molecular weight excluding hydrogens is 379 g/mol. The van der Waals surface area contributed by atoms with Crippen LogP contribution in [0.25, 0.3) is 0 Å². The van der Waals surface area contributed by atoms with E-state index in [0.29, 0.717) is 16.9 Å². The predicted molar refractivity (Wildman–Crippen MR) is 96.2 cm³/mol. The van der Waals surface area contributed by atoms with Crippen LogP contribution in [0.5, 0.6) is 0 Å². The molecule has 0 radical (unpaired) electrons. The van der Waals surface area contributed by atoms with Gasteiger partial charge in [-0.25, -0.2) is 4.39 Å². The van der Waals surface area contributed by atoms with E-state index in [1.807, 2.05) is 6.92 Å². The van der Waals surface area contributed by atoms with Crippen molar-refractivity contribution in [2.24, 2.45) is 0 Å². The minimum Gasteiger partial charge on any atom is -0.296 e. The SMILES string of the molecule is Cc1ccc(C(=O)Nc2nnc(S(=O)(=O)Nc3ccccc3F)s2)cc1. The number of anilines is 2. The van der Waals surface area contributed by atoms with Gasteiger partial charge in [0.1, 0.15) is 5.82 Å². The molecule has 2 N–H and O–H groups in total. The van der Waals surface area contributed by atoms with Crippen molar-refractivity contribution in [1.29, 1.82) is 0 Å². The number of hydrogen-bond donors (Lipinski definition) is 2. The summed E-state index contributed by atoms with van der Waals surface area (Å²) in [4.78, 5) is 12.1. The number of para-hydroxylation sites is 1. The van der Waals surface area contributed by atoms with Gasteiger partial charge in [-0.05, 0) is 31.2 Å². The summed E-state index contributed by atoms with van der Waals surface area (Å²) in [5, 5.41) is 9.71. The number of aromatic nitrogens is 2. The van der Waals surface area contributed by atoms with Gasteiger partial charge in [-0.1, -0.05) is 41.2 Å². The van der Waals surface area contributed by atoms with Gasteiger partial charge in [0.2, 0.25) is 5.13 Å². The summed E-state index contributed by atoms with van der Waals surface area (Å²) in [6, 6.07) is 12.2. The van der Waals surface area contributed by atoms with Gasteiger partial charge in [0.25, 0.3) is 20.3 Å². The topological polar surface area (TPSA) is 101 Å². The Kier molecular flexibility index (Phi) is 4.96. The standard InChI is InChI=1S/C16H13FN4O3S2/c1-10-6-8-11(9-7-10)14(22)18-15-19-20-16(25-15)26(23,24)21-13-5-3-2-4-12(13)17/h2-9,21H,1H3,(H,18,19,22). The molecule has 1 heterocycles. The van der Waals surface area contributed by atoms with E-state index >= 15 is 0 Å². The molecule has 26 heavy (non-hydrogen) atoms. The van der Waals surface area contributed by atoms with Crippen LogP contribution < -0.4 is 10.0 Å². The molecule has 134 valence electrons. The summed E-state index contributed by atoms with van der Waals surface area (Å²) in [6.07, 6.45) is 0. The van der Waals surface area contributed by atoms with Gasteiger partial charge in [0, 0.05) is 5.56 Å². The first kappa shape index (κ1) is 18.0. The molecule has 3 aromatic rings. The molecule has 0 aliphatic heterocycles. The highest BCUT2D eigenvalue weighted by atomic mass is 32.2. The first-order valence-corrected chi connectivity index (χ1v) is 9.64. The van der Waals surface area contributed by atoms with Crippen LogP contribution in [0.4, 0.5) is 15.2 Å². The maximum absolute atomic E-state index is 13.6. The van der Waals surface area contributed by atoms with Crippen LogP contribution in [-0.4, -0.2) is 24.5 Å². The first-order valence-electron chi connectivity index (χ1n) is 7.34. The average Bonchev–Trinajstić information content (AvgIpc) is 3.07. The smallest absolute Gasteiger partial charge is 0.291 e. The Hall–Kier alpha value is -2.85. The van der Waals surface area contributed by atoms with E-state index in [-0.39, 0.29) is 15.2 Å². The molecule has 1 amide bonds. The zero-order chi connectivity index (χ0) is 18.7. The molecule has 0 atom stereocenters. The number of benzene rings is 2. The van der Waals surface area contributed by atoms with E-state index in [2.05, 4.69) is 20.2 Å². The molecule has 0 fully saturated rings. The van der Waals surface area contributed by atoms with E-state index in [1.54, 1.807) is 24.3 Å². The molecule has 7 nitrogen and oxygen atoms in total. The maximum Gasteiger partial charge on any atom is 0.291 e. The Bertz CT molecular complexity index is 1050. The van der Waals surface area contributed by atoms with Gasteiger partial charge < -0.3 is 0 Å². The minimum atomic E-state index is -4.12. The van der Waals surface area contributed by atoms with E-state index in [1.165, 1.54) is 18.2 Å². The summed E-state index contributed by atoms with van der Waals surface area (Å²) in [5.41, 5.74) is 1.21. The number of nitrogens with one attached hydrogen (secondary N) is 2. The van der Waals surface area contributed by atoms with Crippen LogP contribution >= 0.6 is 11.3 Å². The summed E-state index contributed by atoms with van der Waals surface area (Å²) >= 11 is 0.664. The fourth-order valence-corrected chi connectivity index (χ4v) is 3.94. The van der Waals surface area contributed by atoms with Crippen molar-refractivity contribution in [3.63, 3.8) is 0 Å². The number of carbonyl (C=O) groups is 1. The number of hydrogen-bond acceptors (Lipinski definition) is 6. The van der Waals surface area contributed by atoms with E-state index < -0.39 is 21.7 Å². The first-order chi connectivity index (χ1) is 12.3. The molecular formula is C16H13FN4O3S2. The van der Waals surface area contributed by atoms with Gasteiger partial charge in [0.05, 0.1) is 5.69 Å². The van der Waals surface area contributed by atoms with Gasteiger partial charge in [-0.3, -0.25) is 14.8 Å². The molecule has 0 aliphatic rings. The quantitative estimate of drug-likeness (QED) is 0.650. The number of halogens is 1. The highest BCUT2D eigenvalue weighted by Gasteiger charge is 2.22. The van der Waals surface area contributed by atoms with Gasteiger partial charge in [-0.2, -0.15) is 8.42 Å². The lowest BCUT2D eigenvalue weighted by Gasteiger charge is -2.05. The van der Waals surface area contributed by atoms with Crippen molar-refractivity contribution < 1.29 is 17.6 Å². The van der Waals surface area contributed by atoms with E-state index in [9.17, 15) is 17.6 Å².